The Morgan fingerprint density at radius 2 is 2.16 bits per heavy atom. The van der Waals surface area contributed by atoms with E-state index in [1.807, 2.05) is 4.90 Å². The number of hydrogen-bond donors (Lipinski definition) is 1. The molecule has 1 aromatic carbocycles. The van der Waals surface area contributed by atoms with E-state index in [4.69, 9.17) is 10.5 Å². The number of benzene rings is 1. The summed E-state index contributed by atoms with van der Waals surface area (Å²) in [5, 5.41) is 0. The summed E-state index contributed by atoms with van der Waals surface area (Å²) in [5.41, 5.74) is 6.53. The quantitative estimate of drug-likeness (QED) is 0.858. The maximum Gasteiger partial charge on any atom is 0.265 e. The second kappa shape index (κ2) is 5.74. The van der Waals surface area contributed by atoms with Gasteiger partial charge in [-0.15, -0.1) is 0 Å². The topological polar surface area (TPSA) is 38.5 Å². The Balaban J connectivity index is 2.26. The van der Waals surface area contributed by atoms with Crippen molar-refractivity contribution in [1.29, 1.82) is 0 Å². The lowest BCUT2D eigenvalue weighted by atomic mass is 9.95. The molecule has 1 fully saturated rings. The largest absolute Gasteiger partial charge is 0.399 e. The molecule has 19 heavy (non-hydrogen) atoms. The summed E-state index contributed by atoms with van der Waals surface area (Å²) >= 11 is 0. The number of nitrogens with two attached hydrogens (primary N) is 1. The van der Waals surface area contributed by atoms with Crippen LogP contribution in [-0.2, 0) is 4.74 Å². The van der Waals surface area contributed by atoms with Crippen LogP contribution in [0.3, 0.4) is 0 Å². The number of halogens is 2. The molecule has 5 heteroatoms. The fraction of sp³-hybridized carbons (Fsp3) is 0.571. The first kappa shape index (κ1) is 14.1. The summed E-state index contributed by atoms with van der Waals surface area (Å²) in [5.74, 6) is 0.449. The lowest BCUT2D eigenvalue weighted by molar-refractivity contribution is 0.0495. The van der Waals surface area contributed by atoms with Crippen LogP contribution in [0.2, 0.25) is 0 Å². The number of methoxy groups -OCH3 is 1. The van der Waals surface area contributed by atoms with Crippen molar-refractivity contribution >= 4 is 11.4 Å². The third-order valence-corrected chi connectivity index (χ3v) is 3.82. The minimum absolute atomic E-state index is 0.00408. The molecule has 1 heterocycles. The Hall–Kier alpha value is -1.36. The third-order valence-electron chi connectivity index (χ3n) is 3.82. The number of rotatable bonds is 3. The predicted molar refractivity (Wildman–Crippen MR) is 72.6 cm³/mol. The smallest absolute Gasteiger partial charge is 0.265 e. The van der Waals surface area contributed by atoms with Gasteiger partial charge in [0.15, 0.2) is 0 Å². The minimum Gasteiger partial charge on any atom is -0.399 e. The standard InChI is InChI=1S/C14H20F2N2O/c1-9-5-6-18(8-13(9)19-2)12-4-3-10(17)7-11(12)14(15)16/h3-4,7,9,13-14H,5-6,8,17H2,1-2H3. The molecule has 106 valence electrons. The van der Waals surface area contributed by atoms with Crippen molar-refractivity contribution in [2.45, 2.75) is 25.9 Å². The van der Waals surface area contributed by atoms with Crippen molar-refractivity contribution < 1.29 is 13.5 Å². The van der Waals surface area contributed by atoms with Gasteiger partial charge >= 0.3 is 0 Å². The zero-order chi connectivity index (χ0) is 14.0. The lowest BCUT2D eigenvalue weighted by Crippen LogP contribution is -2.44. The Labute approximate surface area is 112 Å². The average molecular weight is 270 g/mol. The van der Waals surface area contributed by atoms with E-state index in [0.29, 0.717) is 23.8 Å². The van der Waals surface area contributed by atoms with Gasteiger partial charge in [-0.1, -0.05) is 6.92 Å². The highest BCUT2D eigenvalue weighted by Crippen LogP contribution is 2.34. The Bertz CT molecular complexity index is 439. The SMILES string of the molecule is COC1CN(c2ccc(N)cc2C(F)F)CCC1C. The van der Waals surface area contributed by atoms with E-state index >= 15 is 0 Å². The maximum absolute atomic E-state index is 13.1. The first-order valence-corrected chi connectivity index (χ1v) is 6.48. The van der Waals surface area contributed by atoms with E-state index in [2.05, 4.69) is 6.92 Å². The molecular weight excluding hydrogens is 250 g/mol. The van der Waals surface area contributed by atoms with Crippen LogP contribution in [0.5, 0.6) is 0 Å². The van der Waals surface area contributed by atoms with Crippen LogP contribution in [0.25, 0.3) is 0 Å². The molecule has 0 aliphatic carbocycles. The number of ether oxygens (including phenoxy) is 1. The van der Waals surface area contributed by atoms with Crippen molar-refractivity contribution in [3.63, 3.8) is 0 Å². The van der Waals surface area contributed by atoms with Gasteiger partial charge in [-0.2, -0.15) is 0 Å². The molecule has 2 N–H and O–H groups in total. The second-order valence-electron chi connectivity index (χ2n) is 5.11. The van der Waals surface area contributed by atoms with Crippen LogP contribution in [0.15, 0.2) is 18.2 Å². The molecule has 0 spiro atoms. The molecule has 0 amide bonds. The second-order valence-corrected chi connectivity index (χ2v) is 5.11. The molecule has 2 unspecified atom stereocenters. The first-order chi connectivity index (χ1) is 9.02. The number of anilines is 2. The predicted octanol–water partition coefficient (Wildman–Crippen LogP) is 3.07. The van der Waals surface area contributed by atoms with E-state index in [9.17, 15) is 8.78 Å². The molecule has 2 rings (SSSR count). The van der Waals surface area contributed by atoms with E-state index in [-0.39, 0.29) is 11.7 Å². The van der Waals surface area contributed by atoms with Gasteiger partial charge in [0, 0.05) is 37.1 Å². The minimum atomic E-state index is -2.51. The number of nitrogen functional groups attached to an aromatic ring is 1. The molecule has 1 aliphatic rings. The van der Waals surface area contributed by atoms with Crippen molar-refractivity contribution in [3.8, 4) is 0 Å². The molecule has 0 bridgehead atoms. The van der Waals surface area contributed by atoms with Gasteiger partial charge < -0.3 is 15.4 Å². The monoisotopic (exact) mass is 270 g/mol. The molecular formula is C14H20F2N2O. The third kappa shape index (κ3) is 2.97. The van der Waals surface area contributed by atoms with E-state index in [1.54, 1.807) is 19.2 Å². The molecule has 0 radical (unpaired) electrons. The molecule has 1 saturated heterocycles. The first-order valence-electron chi connectivity index (χ1n) is 6.48. The number of piperidine rings is 1. The van der Waals surface area contributed by atoms with Gasteiger partial charge in [0.05, 0.1) is 6.10 Å². The van der Waals surface area contributed by atoms with Crippen LogP contribution < -0.4 is 10.6 Å². The van der Waals surface area contributed by atoms with Crippen molar-refractivity contribution in [1.82, 2.24) is 0 Å². The normalized spacial score (nSPS) is 23.9. The average Bonchev–Trinajstić information content (AvgIpc) is 2.39. The fourth-order valence-electron chi connectivity index (χ4n) is 2.60. The number of nitrogens with zero attached hydrogens (tertiary/aromatic N) is 1. The molecule has 1 aromatic rings. The summed E-state index contributed by atoms with van der Waals surface area (Å²) in [6.07, 6.45) is -1.50. The lowest BCUT2D eigenvalue weighted by Gasteiger charge is -2.38. The van der Waals surface area contributed by atoms with Crippen LogP contribution >= 0.6 is 0 Å². The maximum atomic E-state index is 13.1. The molecule has 2 atom stereocenters. The van der Waals surface area contributed by atoms with Gasteiger partial charge in [0.2, 0.25) is 0 Å². The fourth-order valence-corrected chi connectivity index (χ4v) is 2.60. The van der Waals surface area contributed by atoms with E-state index in [1.165, 1.54) is 6.07 Å². The Kier molecular flexibility index (Phi) is 4.24. The summed E-state index contributed by atoms with van der Waals surface area (Å²) in [6.45, 7) is 3.54. The summed E-state index contributed by atoms with van der Waals surface area (Å²) in [7, 11) is 1.67. The Morgan fingerprint density at radius 1 is 1.42 bits per heavy atom. The molecule has 1 aliphatic heterocycles. The zero-order valence-electron chi connectivity index (χ0n) is 11.3. The van der Waals surface area contributed by atoms with Crippen molar-refractivity contribution in [3.05, 3.63) is 23.8 Å². The van der Waals surface area contributed by atoms with Gasteiger partial charge in [-0.25, -0.2) is 8.78 Å². The molecule has 3 nitrogen and oxygen atoms in total. The summed E-state index contributed by atoms with van der Waals surface area (Å²) in [4.78, 5) is 1.97. The van der Waals surface area contributed by atoms with E-state index < -0.39 is 6.43 Å². The van der Waals surface area contributed by atoms with Crippen molar-refractivity contribution in [2.75, 3.05) is 30.8 Å². The highest BCUT2D eigenvalue weighted by atomic mass is 19.3. The van der Waals surface area contributed by atoms with E-state index in [0.717, 1.165) is 13.0 Å². The summed E-state index contributed by atoms with van der Waals surface area (Å²) in [6, 6.07) is 4.71. The molecule has 0 aromatic heterocycles. The number of alkyl halides is 2. The van der Waals surface area contributed by atoms with Crippen LogP contribution in [0, 0.1) is 5.92 Å². The van der Waals surface area contributed by atoms with Crippen LogP contribution in [0.1, 0.15) is 25.3 Å². The number of hydrogen-bond acceptors (Lipinski definition) is 3. The van der Waals surface area contributed by atoms with Gasteiger partial charge in [-0.05, 0) is 30.5 Å². The van der Waals surface area contributed by atoms with Crippen LogP contribution in [0.4, 0.5) is 20.2 Å². The zero-order valence-corrected chi connectivity index (χ0v) is 11.3. The highest BCUT2D eigenvalue weighted by Gasteiger charge is 2.28. The molecule has 0 saturated carbocycles. The van der Waals surface area contributed by atoms with Gasteiger partial charge in [0.1, 0.15) is 0 Å². The van der Waals surface area contributed by atoms with Crippen LogP contribution in [-0.4, -0.2) is 26.3 Å². The van der Waals surface area contributed by atoms with Gasteiger partial charge in [0.25, 0.3) is 6.43 Å². The Morgan fingerprint density at radius 3 is 2.79 bits per heavy atom. The highest BCUT2D eigenvalue weighted by molar-refractivity contribution is 5.60. The van der Waals surface area contributed by atoms with Crippen molar-refractivity contribution in [2.24, 2.45) is 5.92 Å². The summed E-state index contributed by atoms with van der Waals surface area (Å²) < 4.78 is 31.6. The van der Waals surface area contributed by atoms with Gasteiger partial charge in [-0.3, -0.25) is 0 Å².